The van der Waals surface area contributed by atoms with E-state index in [4.69, 9.17) is 16.7 Å². The molecule has 0 rings (SSSR count). The summed E-state index contributed by atoms with van der Waals surface area (Å²) >= 11 is 4.88. The van der Waals surface area contributed by atoms with Gasteiger partial charge in [-0.1, -0.05) is 0 Å². The Hall–Kier alpha value is -0.700. The number of ether oxygens (including phenoxy) is 1. The highest BCUT2D eigenvalue weighted by atomic mass is 35.5. The lowest BCUT2D eigenvalue weighted by Gasteiger charge is -1.88. The minimum absolute atomic E-state index is 0.340. The van der Waals surface area contributed by atoms with E-state index in [-0.39, 0.29) is 5.22 Å². The Bertz CT molecular complexity index is 86.4. The number of halogens is 1. The minimum atomic E-state index is -1.44. The number of carboxylic acid groups (broad SMARTS) is 1. The van der Waals surface area contributed by atoms with E-state index >= 15 is 0 Å². The van der Waals surface area contributed by atoms with Gasteiger partial charge in [-0.2, -0.15) is 0 Å². The van der Waals surface area contributed by atoms with Crippen LogP contribution in [0, 0.1) is 0 Å². The molecule has 0 aromatic carbocycles. The molecule has 0 aliphatic rings. The second-order valence-corrected chi connectivity index (χ2v) is 1.14. The van der Waals surface area contributed by atoms with Crippen LogP contribution in [0.2, 0.25) is 0 Å². The lowest BCUT2D eigenvalue weighted by Crippen LogP contribution is -1.93. The van der Waals surface area contributed by atoms with Crippen LogP contribution in [0.15, 0.2) is 11.8 Å². The van der Waals surface area contributed by atoms with Crippen LogP contribution in [0.3, 0.4) is 0 Å². The van der Waals surface area contributed by atoms with Gasteiger partial charge in [0.1, 0.15) is 0 Å². The van der Waals surface area contributed by atoms with Gasteiger partial charge >= 0.3 is 6.16 Å². The summed E-state index contributed by atoms with van der Waals surface area (Å²) in [5, 5.41) is 7.38. The number of hydrogen-bond acceptors (Lipinski definition) is 2. The van der Waals surface area contributed by atoms with Gasteiger partial charge in [0.2, 0.25) is 0 Å². The predicted molar refractivity (Wildman–Crippen MR) is 24.1 cm³/mol. The van der Waals surface area contributed by atoms with Crippen LogP contribution in [0.25, 0.3) is 0 Å². The molecule has 4 heteroatoms. The van der Waals surface area contributed by atoms with E-state index in [1.54, 1.807) is 0 Å². The average Bonchev–Trinajstić information content (AvgIpc) is 1.27. The number of rotatable bonds is 1. The molecule has 0 fully saturated rings. The van der Waals surface area contributed by atoms with Crippen LogP contribution in [-0.4, -0.2) is 11.3 Å². The summed E-state index contributed by atoms with van der Waals surface area (Å²) in [6, 6.07) is 0. The molecule has 0 heterocycles. The molecule has 0 bridgehead atoms. The van der Waals surface area contributed by atoms with Crippen LogP contribution in [0.4, 0.5) is 4.79 Å². The molecule has 7 heavy (non-hydrogen) atoms. The molecule has 0 radical (unpaired) electrons. The summed E-state index contributed by atoms with van der Waals surface area (Å²) in [5.41, 5.74) is 0. The van der Waals surface area contributed by atoms with E-state index in [0.29, 0.717) is 0 Å². The predicted octanol–water partition coefficient (Wildman–Crippen LogP) is 1.39. The monoisotopic (exact) mass is 122 g/mol. The van der Waals surface area contributed by atoms with Crippen molar-refractivity contribution in [2.45, 2.75) is 0 Å². The van der Waals surface area contributed by atoms with E-state index in [9.17, 15) is 4.79 Å². The van der Waals surface area contributed by atoms with Crippen molar-refractivity contribution in [1.29, 1.82) is 0 Å². The molecule has 0 aliphatic heterocycles. The zero-order valence-electron chi connectivity index (χ0n) is 3.35. The quantitative estimate of drug-likeness (QED) is 0.422. The summed E-state index contributed by atoms with van der Waals surface area (Å²) in [6.45, 7) is 2.96. The first-order valence-electron chi connectivity index (χ1n) is 1.38. The smallest absolute Gasteiger partial charge is 0.449 e. The summed E-state index contributed by atoms with van der Waals surface area (Å²) in [4.78, 5) is 9.44. The van der Waals surface area contributed by atoms with Crippen molar-refractivity contribution < 1.29 is 14.6 Å². The Balaban J connectivity index is 3.32. The summed E-state index contributed by atoms with van der Waals surface area (Å²) < 4.78 is 3.74. The van der Waals surface area contributed by atoms with Crippen molar-refractivity contribution in [2.24, 2.45) is 0 Å². The molecule has 0 atom stereocenters. The fourth-order valence-corrected chi connectivity index (χ4v) is 0.161. The molecular weight excluding hydrogens is 119 g/mol. The van der Waals surface area contributed by atoms with Crippen LogP contribution in [0.1, 0.15) is 0 Å². The standard InChI is InChI=1S/C3H3ClO3/c1-2(4)7-3(5)6/h1H2,(H,5,6). The molecule has 1 N–H and O–H groups in total. The van der Waals surface area contributed by atoms with Crippen LogP contribution >= 0.6 is 11.6 Å². The van der Waals surface area contributed by atoms with Gasteiger partial charge in [0.25, 0.3) is 0 Å². The van der Waals surface area contributed by atoms with Crippen LogP contribution in [-0.2, 0) is 4.74 Å². The fraction of sp³-hybridized carbons (Fsp3) is 0. The zero-order valence-corrected chi connectivity index (χ0v) is 4.10. The third-order valence-electron chi connectivity index (χ3n) is 0.198. The van der Waals surface area contributed by atoms with E-state index in [2.05, 4.69) is 11.3 Å². The van der Waals surface area contributed by atoms with Crippen molar-refractivity contribution in [3.63, 3.8) is 0 Å². The fourth-order valence-electron chi connectivity index (χ4n) is 0.0947. The summed E-state index contributed by atoms with van der Waals surface area (Å²) in [5.74, 6) is 0. The van der Waals surface area contributed by atoms with Crippen molar-refractivity contribution >= 4 is 17.8 Å². The highest BCUT2D eigenvalue weighted by Crippen LogP contribution is 1.96. The van der Waals surface area contributed by atoms with Crippen LogP contribution in [0.5, 0.6) is 0 Å². The highest BCUT2D eigenvalue weighted by Gasteiger charge is 1.94. The van der Waals surface area contributed by atoms with Crippen molar-refractivity contribution in [2.75, 3.05) is 0 Å². The molecular formula is C3H3ClO3. The largest absolute Gasteiger partial charge is 0.512 e. The van der Waals surface area contributed by atoms with Gasteiger partial charge in [0.05, 0.1) is 0 Å². The molecule has 0 amide bonds. The maximum atomic E-state index is 9.44. The number of hydrogen-bond donors (Lipinski definition) is 1. The molecule has 0 spiro atoms. The minimum Gasteiger partial charge on any atom is -0.449 e. The summed E-state index contributed by atoms with van der Waals surface area (Å²) in [7, 11) is 0. The van der Waals surface area contributed by atoms with Gasteiger partial charge in [-0.25, -0.2) is 4.79 Å². The highest BCUT2D eigenvalue weighted by molar-refractivity contribution is 6.28. The van der Waals surface area contributed by atoms with Gasteiger partial charge in [-0.3, -0.25) is 0 Å². The third kappa shape index (κ3) is 5.30. The molecule has 0 saturated carbocycles. The normalized spacial score (nSPS) is 7.57. The summed E-state index contributed by atoms with van der Waals surface area (Å²) in [6.07, 6.45) is -1.44. The Morgan fingerprint density at radius 1 is 1.86 bits per heavy atom. The lowest BCUT2D eigenvalue weighted by molar-refractivity contribution is 0.125. The van der Waals surface area contributed by atoms with Gasteiger partial charge in [-0.05, 0) is 18.2 Å². The first-order valence-corrected chi connectivity index (χ1v) is 1.76. The van der Waals surface area contributed by atoms with Gasteiger partial charge in [-0.15, -0.1) is 0 Å². The maximum Gasteiger partial charge on any atom is 0.512 e. The van der Waals surface area contributed by atoms with Crippen molar-refractivity contribution in [1.82, 2.24) is 0 Å². The topological polar surface area (TPSA) is 46.5 Å². The van der Waals surface area contributed by atoms with Crippen LogP contribution < -0.4 is 0 Å². The Morgan fingerprint density at radius 3 is 2.29 bits per heavy atom. The molecule has 40 valence electrons. The molecule has 0 aliphatic carbocycles. The average molecular weight is 123 g/mol. The zero-order chi connectivity index (χ0) is 5.86. The lowest BCUT2D eigenvalue weighted by atomic mass is 11.1. The van der Waals surface area contributed by atoms with Gasteiger partial charge in [0, 0.05) is 0 Å². The second-order valence-electron chi connectivity index (χ2n) is 0.723. The van der Waals surface area contributed by atoms with E-state index in [1.807, 2.05) is 0 Å². The second kappa shape index (κ2) is 2.47. The van der Waals surface area contributed by atoms with E-state index in [1.165, 1.54) is 0 Å². The first-order chi connectivity index (χ1) is 3.13. The Kier molecular flexibility index (Phi) is 2.22. The van der Waals surface area contributed by atoms with E-state index in [0.717, 1.165) is 0 Å². The molecule has 0 aromatic heterocycles. The van der Waals surface area contributed by atoms with Crippen molar-refractivity contribution in [3.05, 3.63) is 11.8 Å². The Labute approximate surface area is 45.2 Å². The molecule has 0 unspecified atom stereocenters. The SMILES string of the molecule is C=C(Cl)OC(=O)O. The third-order valence-corrected chi connectivity index (χ3v) is 0.275. The van der Waals surface area contributed by atoms with Gasteiger partial charge < -0.3 is 9.84 Å². The maximum absolute atomic E-state index is 9.44. The first kappa shape index (κ1) is 6.30. The number of carbonyl (C=O) groups is 1. The molecule has 3 nitrogen and oxygen atoms in total. The van der Waals surface area contributed by atoms with Gasteiger partial charge in [0.15, 0.2) is 5.22 Å². The van der Waals surface area contributed by atoms with Crippen molar-refractivity contribution in [3.8, 4) is 0 Å². The molecule has 0 saturated heterocycles. The van der Waals surface area contributed by atoms with E-state index < -0.39 is 6.16 Å². The molecule has 0 aromatic rings. The Morgan fingerprint density at radius 2 is 2.29 bits per heavy atom.